The molecule has 0 N–H and O–H groups in total. The number of hydrogen-bond acceptors (Lipinski definition) is 0. The van der Waals surface area contributed by atoms with Gasteiger partial charge >= 0.3 is 168 Å². The van der Waals surface area contributed by atoms with Crippen LogP contribution in [-0.2, 0) is 23.2 Å². The van der Waals surface area contributed by atoms with Crippen molar-refractivity contribution < 1.29 is 14.9 Å². The molecule has 0 spiro atoms. The van der Waals surface area contributed by atoms with E-state index in [1.54, 1.807) is 0 Å². The van der Waals surface area contributed by atoms with Crippen molar-refractivity contribution >= 4 is 17.0 Å². The van der Waals surface area contributed by atoms with Crippen LogP contribution in [0.3, 0.4) is 0 Å². The molecule has 0 nitrogen and oxygen atoms in total. The Kier molecular flexibility index (Phi) is 4.78. The van der Waals surface area contributed by atoms with E-state index in [1.807, 2.05) is 12.1 Å². The van der Waals surface area contributed by atoms with Gasteiger partial charge in [0.25, 0.3) is 0 Å². The van der Waals surface area contributed by atoms with Crippen molar-refractivity contribution in [2.24, 2.45) is 0 Å². The van der Waals surface area contributed by atoms with Crippen LogP contribution in [0.25, 0.3) is 0 Å². The van der Waals surface area contributed by atoms with Crippen LogP contribution in [0.4, 0.5) is 0 Å². The topological polar surface area (TPSA) is 0 Å². The molecular formula is C24H24Cl2Zr. The first kappa shape index (κ1) is 19.2. The first-order valence-corrected chi connectivity index (χ1v) is 22.2. The van der Waals surface area contributed by atoms with Gasteiger partial charge in [-0.15, -0.1) is 0 Å². The molecule has 2 aromatic rings. The van der Waals surface area contributed by atoms with Gasteiger partial charge in [-0.3, -0.25) is 0 Å². The Morgan fingerprint density at radius 1 is 0.556 bits per heavy atom. The van der Waals surface area contributed by atoms with E-state index in [1.165, 1.54) is 11.1 Å². The van der Waals surface area contributed by atoms with Crippen molar-refractivity contribution in [1.82, 2.24) is 0 Å². The van der Waals surface area contributed by atoms with Crippen molar-refractivity contribution in [3.05, 3.63) is 120 Å². The third-order valence-electron chi connectivity index (χ3n) is 6.35. The normalized spacial score (nSPS) is 19.5. The Bertz CT molecular complexity index is 849. The molecular weight excluding hydrogens is 450 g/mol. The van der Waals surface area contributed by atoms with Crippen molar-refractivity contribution in [3.63, 3.8) is 0 Å². The second-order valence-corrected chi connectivity index (χ2v) is 39.3. The molecule has 0 heterocycles. The van der Waals surface area contributed by atoms with E-state index in [-0.39, 0.29) is 7.25 Å². The predicted molar refractivity (Wildman–Crippen MR) is 116 cm³/mol. The number of hydrogen-bond donors (Lipinski definition) is 0. The Balaban J connectivity index is 1.96. The van der Waals surface area contributed by atoms with E-state index in [4.69, 9.17) is 17.0 Å². The van der Waals surface area contributed by atoms with Gasteiger partial charge in [0.2, 0.25) is 0 Å². The second-order valence-electron chi connectivity index (χ2n) is 8.19. The molecule has 27 heavy (non-hydrogen) atoms. The molecule has 0 aliphatic heterocycles. The molecule has 0 fully saturated rings. The number of rotatable bonds is 6. The second kappa shape index (κ2) is 6.73. The van der Waals surface area contributed by atoms with E-state index >= 15 is 0 Å². The fourth-order valence-corrected chi connectivity index (χ4v) is 28.5. The molecule has 2 aliphatic rings. The molecule has 3 heteroatoms. The zero-order valence-corrected chi connectivity index (χ0v) is 19.2. The summed E-state index contributed by atoms with van der Waals surface area (Å²) in [5, 5.41) is 0. The van der Waals surface area contributed by atoms with E-state index in [0.29, 0.717) is 0 Å². The van der Waals surface area contributed by atoms with Gasteiger partial charge < -0.3 is 0 Å². The van der Waals surface area contributed by atoms with Crippen molar-refractivity contribution in [3.8, 4) is 0 Å². The van der Waals surface area contributed by atoms with Crippen LogP contribution in [0.5, 0.6) is 0 Å². The molecule has 0 bridgehead atoms. The van der Waals surface area contributed by atoms with Crippen molar-refractivity contribution in [2.45, 2.75) is 15.5 Å². The molecule has 0 atom stereocenters. The van der Waals surface area contributed by atoms with Crippen LogP contribution in [0.1, 0.15) is 11.1 Å². The zero-order chi connectivity index (χ0) is 18.9. The molecule has 0 amide bonds. The zero-order valence-electron chi connectivity index (χ0n) is 15.2. The Hall–Kier alpha value is -1.14. The average Bonchev–Trinajstić information content (AvgIpc) is 3.38. The fourth-order valence-electron chi connectivity index (χ4n) is 4.94. The Labute approximate surface area is 166 Å². The molecule has 0 aromatic heterocycles. The minimum atomic E-state index is -5.10. The quantitative estimate of drug-likeness (QED) is 0.402. The maximum atomic E-state index is 8.10. The number of benzene rings is 2. The summed E-state index contributed by atoms with van der Waals surface area (Å²) in [6.07, 6.45) is 17.3. The van der Waals surface area contributed by atoms with Crippen LogP contribution in [0, 0.1) is 0 Å². The summed E-state index contributed by atoms with van der Waals surface area (Å²) < 4.78 is 1.62. The van der Waals surface area contributed by atoms with E-state index < -0.39 is 14.9 Å². The first-order valence-electron chi connectivity index (χ1n) is 9.52. The van der Waals surface area contributed by atoms with E-state index in [2.05, 4.69) is 97.1 Å². The molecule has 0 radical (unpaired) electrons. The molecule has 0 unspecified atom stereocenters. The molecule has 0 saturated heterocycles. The fraction of sp³-hybridized carbons (Fsp3) is 0.167. The maximum absolute atomic E-state index is 8.10. The van der Waals surface area contributed by atoms with E-state index in [9.17, 15) is 0 Å². The van der Waals surface area contributed by atoms with Gasteiger partial charge in [0.05, 0.1) is 0 Å². The van der Waals surface area contributed by atoms with Crippen molar-refractivity contribution in [1.29, 1.82) is 0 Å². The molecule has 0 saturated carbocycles. The average molecular weight is 475 g/mol. The number of halogens is 2. The minimum absolute atomic E-state index is 0.0762. The molecule has 4 rings (SSSR count). The van der Waals surface area contributed by atoms with Gasteiger partial charge in [0.15, 0.2) is 0 Å². The van der Waals surface area contributed by atoms with Gasteiger partial charge in [-0.2, -0.15) is 0 Å². The van der Waals surface area contributed by atoms with Crippen LogP contribution in [-0.4, -0.2) is 0 Å². The van der Waals surface area contributed by atoms with Gasteiger partial charge in [0.1, 0.15) is 0 Å². The summed E-state index contributed by atoms with van der Waals surface area (Å²) in [5.74, 6) is 0. The molecule has 138 valence electrons. The standard InChI is InChI=1S/2C7H7.2C5H5.2ClH.Zr/c2*1-7-5-3-2-4-6-7;2*1-2-4-5-3-1;;;/h2*2-6H,1H2;2*1-5H;2*1H;/q;;;;;;+2/p-2. The first-order chi connectivity index (χ1) is 12.9. The summed E-state index contributed by atoms with van der Waals surface area (Å²) in [5.41, 5.74) is 2.44. The van der Waals surface area contributed by atoms with Crippen molar-refractivity contribution in [2.75, 3.05) is 0 Å². The van der Waals surface area contributed by atoms with Gasteiger partial charge in [0, 0.05) is 0 Å². The van der Waals surface area contributed by atoms with Crippen LogP contribution >= 0.6 is 17.0 Å². The van der Waals surface area contributed by atoms with Crippen LogP contribution in [0.15, 0.2) is 109 Å². The van der Waals surface area contributed by atoms with Crippen LogP contribution < -0.4 is 0 Å². The monoisotopic (exact) mass is 472 g/mol. The summed E-state index contributed by atoms with van der Waals surface area (Å²) >= 11 is -5.10. The van der Waals surface area contributed by atoms with Gasteiger partial charge in [-0.1, -0.05) is 0 Å². The van der Waals surface area contributed by atoms with E-state index in [0.717, 1.165) is 8.26 Å². The third kappa shape index (κ3) is 3.29. The summed E-state index contributed by atoms with van der Waals surface area (Å²) in [6, 6.07) is 21.0. The summed E-state index contributed by atoms with van der Waals surface area (Å²) in [7, 11) is 16.2. The Morgan fingerprint density at radius 2 is 0.889 bits per heavy atom. The molecule has 2 aliphatic carbocycles. The number of allylic oxidation sites excluding steroid dienone is 8. The van der Waals surface area contributed by atoms with Gasteiger partial charge in [-0.25, -0.2) is 0 Å². The van der Waals surface area contributed by atoms with Crippen LogP contribution in [0.2, 0.25) is 7.25 Å². The molecule has 2 aromatic carbocycles. The predicted octanol–water partition coefficient (Wildman–Crippen LogP) is 7.75. The van der Waals surface area contributed by atoms with Gasteiger partial charge in [-0.05, 0) is 0 Å². The summed E-state index contributed by atoms with van der Waals surface area (Å²) in [6.45, 7) is 0. The SMILES string of the molecule is [Cl][Zr]([Cl])([CH2]c1ccccc1)([CH2]c1ccccc1)([CH]1C=CC=C1)[CH]1C=CC=C1. The summed E-state index contributed by atoms with van der Waals surface area (Å²) in [4.78, 5) is 0. The Morgan fingerprint density at radius 3 is 1.22 bits per heavy atom. The third-order valence-corrected chi connectivity index (χ3v) is 32.9.